The van der Waals surface area contributed by atoms with Crippen molar-refractivity contribution in [2.24, 2.45) is 0 Å². The highest BCUT2D eigenvalue weighted by Crippen LogP contribution is 2.16. The zero-order valence-electron chi connectivity index (χ0n) is 10.1. The highest BCUT2D eigenvalue weighted by molar-refractivity contribution is 7.91. The van der Waals surface area contributed by atoms with Crippen molar-refractivity contribution in [3.05, 3.63) is 0 Å². The van der Waals surface area contributed by atoms with E-state index >= 15 is 0 Å². The topological polar surface area (TPSA) is 54.5 Å². The lowest BCUT2D eigenvalue weighted by Crippen LogP contribution is -2.41. The van der Waals surface area contributed by atoms with E-state index in [4.69, 9.17) is 0 Å². The van der Waals surface area contributed by atoms with E-state index in [1.165, 1.54) is 6.26 Å². The first-order chi connectivity index (χ1) is 7.43. The third-order valence-corrected chi connectivity index (χ3v) is 4.75. The molecule has 1 fully saturated rings. The minimum atomic E-state index is -2.90. The summed E-state index contributed by atoms with van der Waals surface area (Å²) in [5.41, 5.74) is 0. The van der Waals surface area contributed by atoms with Crippen molar-refractivity contribution in [3.63, 3.8) is 0 Å². The number of sulfone groups is 1. The van der Waals surface area contributed by atoms with Gasteiger partial charge in [-0.05, 0) is 32.4 Å². The second kappa shape index (κ2) is 5.77. The average Bonchev–Trinajstić information content (AvgIpc) is 2.17. The molecule has 0 saturated carbocycles. The molecule has 4 nitrogen and oxygen atoms in total. The molecule has 0 aromatic rings. The zero-order chi connectivity index (χ0) is 12.2. The van der Waals surface area contributed by atoms with Crippen LogP contribution in [0, 0.1) is 0 Å². The number of carbonyl (C=O) groups excluding carboxylic acids is 1. The van der Waals surface area contributed by atoms with Gasteiger partial charge in [-0.25, -0.2) is 8.42 Å². The van der Waals surface area contributed by atoms with E-state index in [0.29, 0.717) is 25.8 Å². The second-order valence-electron chi connectivity index (χ2n) is 4.59. The molecule has 1 aliphatic heterocycles. The first-order valence-corrected chi connectivity index (χ1v) is 7.82. The van der Waals surface area contributed by atoms with Crippen molar-refractivity contribution >= 4 is 15.6 Å². The van der Waals surface area contributed by atoms with Gasteiger partial charge in [0.2, 0.25) is 0 Å². The molecule has 0 radical (unpaired) electrons. The summed E-state index contributed by atoms with van der Waals surface area (Å²) in [6.07, 6.45) is 4.15. The lowest BCUT2D eigenvalue weighted by molar-refractivity contribution is -0.120. The summed E-state index contributed by atoms with van der Waals surface area (Å²) < 4.78 is 22.7. The smallest absolute Gasteiger partial charge is 0.150 e. The quantitative estimate of drug-likeness (QED) is 0.723. The van der Waals surface area contributed by atoms with Crippen LogP contribution in [-0.2, 0) is 14.6 Å². The SMILES string of the molecule is CCCC(=O)CN1CCC(S(C)(=O)=O)CC1. The number of ketones is 1. The van der Waals surface area contributed by atoms with Gasteiger partial charge in [0.05, 0.1) is 11.8 Å². The summed E-state index contributed by atoms with van der Waals surface area (Å²) in [5, 5.41) is -0.204. The van der Waals surface area contributed by atoms with E-state index in [2.05, 4.69) is 4.90 Å². The van der Waals surface area contributed by atoms with Crippen LogP contribution >= 0.6 is 0 Å². The van der Waals surface area contributed by atoms with Crippen molar-refractivity contribution in [1.82, 2.24) is 4.90 Å². The third kappa shape index (κ3) is 4.22. The molecule has 0 unspecified atom stereocenters. The van der Waals surface area contributed by atoms with Crippen molar-refractivity contribution in [3.8, 4) is 0 Å². The molecule has 0 aliphatic carbocycles. The number of piperidine rings is 1. The highest BCUT2D eigenvalue weighted by Gasteiger charge is 2.26. The van der Waals surface area contributed by atoms with E-state index < -0.39 is 9.84 Å². The van der Waals surface area contributed by atoms with Crippen LogP contribution in [0.2, 0.25) is 0 Å². The van der Waals surface area contributed by atoms with Gasteiger partial charge in [0, 0.05) is 12.7 Å². The van der Waals surface area contributed by atoms with Crippen LogP contribution in [-0.4, -0.2) is 50.2 Å². The van der Waals surface area contributed by atoms with Gasteiger partial charge in [0.1, 0.15) is 15.6 Å². The Morgan fingerprint density at radius 3 is 2.31 bits per heavy atom. The number of rotatable bonds is 5. The fraction of sp³-hybridized carbons (Fsp3) is 0.909. The van der Waals surface area contributed by atoms with Crippen LogP contribution < -0.4 is 0 Å². The number of carbonyl (C=O) groups is 1. The molecule has 0 spiro atoms. The van der Waals surface area contributed by atoms with Gasteiger partial charge in [-0.1, -0.05) is 6.92 Å². The number of hydrogen-bond donors (Lipinski definition) is 0. The van der Waals surface area contributed by atoms with Gasteiger partial charge in [-0.3, -0.25) is 9.69 Å². The van der Waals surface area contributed by atoms with Crippen LogP contribution in [0.15, 0.2) is 0 Å². The molecular formula is C11H21NO3S. The Morgan fingerprint density at radius 2 is 1.88 bits per heavy atom. The van der Waals surface area contributed by atoms with Crippen LogP contribution in [0.1, 0.15) is 32.6 Å². The van der Waals surface area contributed by atoms with Gasteiger partial charge in [-0.15, -0.1) is 0 Å². The largest absolute Gasteiger partial charge is 0.298 e. The Morgan fingerprint density at radius 1 is 1.31 bits per heavy atom. The average molecular weight is 247 g/mol. The van der Waals surface area contributed by atoms with Gasteiger partial charge in [0.25, 0.3) is 0 Å². The van der Waals surface area contributed by atoms with Crippen molar-refractivity contribution in [2.45, 2.75) is 37.9 Å². The summed E-state index contributed by atoms with van der Waals surface area (Å²) >= 11 is 0. The number of Topliss-reactive ketones (excluding diaryl/α,β-unsaturated/α-hetero) is 1. The lowest BCUT2D eigenvalue weighted by atomic mass is 10.1. The van der Waals surface area contributed by atoms with Crippen LogP contribution in [0.3, 0.4) is 0 Å². The van der Waals surface area contributed by atoms with Crippen LogP contribution in [0.5, 0.6) is 0 Å². The monoisotopic (exact) mass is 247 g/mol. The van der Waals surface area contributed by atoms with Crippen LogP contribution in [0.25, 0.3) is 0 Å². The maximum atomic E-state index is 11.4. The fourth-order valence-corrected chi connectivity index (χ4v) is 3.17. The molecule has 0 atom stereocenters. The van der Waals surface area contributed by atoms with Crippen molar-refractivity contribution in [2.75, 3.05) is 25.9 Å². The number of nitrogens with zero attached hydrogens (tertiary/aromatic N) is 1. The molecule has 0 aromatic heterocycles. The Kier molecular flexibility index (Phi) is 4.92. The number of likely N-dealkylation sites (tertiary alicyclic amines) is 1. The lowest BCUT2D eigenvalue weighted by Gasteiger charge is -2.30. The molecular weight excluding hydrogens is 226 g/mol. The summed E-state index contributed by atoms with van der Waals surface area (Å²) in [4.78, 5) is 13.5. The molecule has 94 valence electrons. The normalized spacial score (nSPS) is 19.9. The van der Waals surface area contributed by atoms with Crippen molar-refractivity contribution in [1.29, 1.82) is 0 Å². The van der Waals surface area contributed by atoms with Gasteiger partial charge >= 0.3 is 0 Å². The minimum absolute atomic E-state index is 0.204. The summed E-state index contributed by atoms with van der Waals surface area (Å²) in [5.74, 6) is 0.264. The molecule has 1 rings (SSSR count). The molecule has 16 heavy (non-hydrogen) atoms. The van der Waals surface area contributed by atoms with E-state index in [1.807, 2.05) is 6.92 Å². The first-order valence-electron chi connectivity index (χ1n) is 5.86. The van der Waals surface area contributed by atoms with Gasteiger partial charge in [-0.2, -0.15) is 0 Å². The summed E-state index contributed by atoms with van der Waals surface area (Å²) in [7, 11) is -2.90. The Hall–Kier alpha value is -0.420. The first kappa shape index (κ1) is 13.6. The number of hydrogen-bond acceptors (Lipinski definition) is 4. The Labute approximate surface area is 97.9 Å². The van der Waals surface area contributed by atoms with E-state index in [0.717, 1.165) is 19.5 Å². The summed E-state index contributed by atoms with van der Waals surface area (Å²) in [6.45, 7) is 3.94. The van der Waals surface area contributed by atoms with Crippen LogP contribution in [0.4, 0.5) is 0 Å². The van der Waals surface area contributed by atoms with Crippen molar-refractivity contribution < 1.29 is 13.2 Å². The van der Waals surface area contributed by atoms with E-state index in [-0.39, 0.29) is 11.0 Å². The van der Waals surface area contributed by atoms with Gasteiger partial charge < -0.3 is 0 Å². The molecule has 1 heterocycles. The van der Waals surface area contributed by atoms with E-state index in [1.54, 1.807) is 0 Å². The molecule has 0 N–H and O–H groups in total. The maximum Gasteiger partial charge on any atom is 0.150 e. The molecule has 1 aliphatic rings. The minimum Gasteiger partial charge on any atom is -0.298 e. The standard InChI is InChI=1S/C11H21NO3S/c1-3-4-10(13)9-12-7-5-11(6-8-12)16(2,14)15/h11H,3-9H2,1-2H3. The Balaban J connectivity index is 2.35. The predicted octanol–water partition coefficient (Wildman–Crippen LogP) is 0.865. The molecule has 0 aromatic carbocycles. The molecule has 1 saturated heterocycles. The zero-order valence-corrected chi connectivity index (χ0v) is 10.9. The maximum absolute atomic E-state index is 11.4. The summed E-state index contributed by atoms with van der Waals surface area (Å²) in [6, 6.07) is 0. The Bertz CT molecular complexity index is 329. The van der Waals surface area contributed by atoms with Gasteiger partial charge in [0.15, 0.2) is 0 Å². The second-order valence-corrected chi connectivity index (χ2v) is 6.92. The molecule has 0 amide bonds. The highest BCUT2D eigenvalue weighted by atomic mass is 32.2. The van der Waals surface area contributed by atoms with E-state index in [9.17, 15) is 13.2 Å². The fourth-order valence-electron chi connectivity index (χ4n) is 2.10. The predicted molar refractivity (Wildman–Crippen MR) is 64.2 cm³/mol. The molecule has 5 heteroatoms. The third-order valence-electron chi connectivity index (χ3n) is 3.07. The molecule has 0 bridgehead atoms.